The summed E-state index contributed by atoms with van der Waals surface area (Å²) < 4.78 is 7.61. The Morgan fingerprint density at radius 3 is 2.70 bits per heavy atom. The number of phenols is 1. The number of aromatic hydroxyl groups is 1. The minimum absolute atomic E-state index is 0.0142. The van der Waals surface area contributed by atoms with Gasteiger partial charge >= 0.3 is 0 Å². The molecule has 0 spiro atoms. The molecule has 0 saturated carbocycles. The highest BCUT2D eigenvalue weighted by atomic mass is 16.3. The fraction of sp³-hybridized carbons (Fsp3) is 0.167. The first-order valence-corrected chi connectivity index (χ1v) is 10.0. The number of nitrogens with zero attached hydrogens (tertiary/aromatic N) is 2. The molecule has 0 bridgehead atoms. The third kappa shape index (κ3) is 2.43. The summed E-state index contributed by atoms with van der Waals surface area (Å²) >= 11 is 0. The number of nitrogens with one attached hydrogen (secondary N) is 1. The van der Waals surface area contributed by atoms with Crippen LogP contribution in [-0.2, 0) is 4.79 Å². The molecule has 6 heteroatoms. The van der Waals surface area contributed by atoms with Crippen LogP contribution in [0.4, 0.5) is 5.95 Å². The molecule has 2 aliphatic rings. The summed E-state index contributed by atoms with van der Waals surface area (Å²) in [5.74, 6) is 1.70. The lowest BCUT2D eigenvalue weighted by molar-refractivity contribution is -0.116. The molecule has 6 nitrogen and oxygen atoms in total. The highest BCUT2D eigenvalue weighted by Crippen LogP contribution is 2.47. The zero-order valence-corrected chi connectivity index (χ0v) is 16.1. The second-order valence-corrected chi connectivity index (χ2v) is 7.82. The number of allylic oxidation sites excluding steroid dienone is 2. The molecular formula is C24H19N3O3. The van der Waals surface area contributed by atoms with Crippen LogP contribution in [0.25, 0.3) is 11.0 Å². The van der Waals surface area contributed by atoms with Crippen LogP contribution >= 0.6 is 0 Å². The number of Topliss-reactive ketones (excluding diaryl/α,β-unsaturated/α-hetero) is 1. The summed E-state index contributed by atoms with van der Waals surface area (Å²) in [5.41, 5.74) is 4.00. The zero-order valence-electron chi connectivity index (χ0n) is 16.1. The Kier molecular flexibility index (Phi) is 3.62. The van der Waals surface area contributed by atoms with E-state index in [1.54, 1.807) is 18.4 Å². The highest BCUT2D eigenvalue weighted by molar-refractivity contribution is 6.01. The average Bonchev–Trinajstić information content (AvgIpc) is 3.40. The Hall–Kier alpha value is -3.80. The van der Waals surface area contributed by atoms with Crippen molar-refractivity contribution in [1.29, 1.82) is 0 Å². The molecule has 148 valence electrons. The molecule has 6 rings (SSSR count). The number of para-hydroxylation sites is 3. The molecule has 0 radical (unpaired) electrons. The van der Waals surface area contributed by atoms with E-state index < -0.39 is 6.04 Å². The third-order valence-corrected chi connectivity index (χ3v) is 6.07. The van der Waals surface area contributed by atoms with E-state index in [-0.39, 0.29) is 17.5 Å². The maximum atomic E-state index is 13.4. The molecule has 2 N–H and O–H groups in total. The number of hydrogen-bond acceptors (Lipinski definition) is 5. The fourth-order valence-corrected chi connectivity index (χ4v) is 4.76. The number of carbonyl (C=O) groups excluding carboxylic acids is 1. The summed E-state index contributed by atoms with van der Waals surface area (Å²) in [6.45, 7) is 0. The van der Waals surface area contributed by atoms with Gasteiger partial charge in [-0.15, -0.1) is 0 Å². The van der Waals surface area contributed by atoms with Gasteiger partial charge in [0, 0.05) is 29.2 Å². The molecule has 0 unspecified atom stereocenters. The SMILES string of the molecule is O=C1C[C@@H](c2ccco2)CC2=C1[C@@H](c1ccccc1O)n1c(nc3ccccc31)N2. The lowest BCUT2D eigenvalue weighted by atomic mass is 9.79. The summed E-state index contributed by atoms with van der Waals surface area (Å²) in [5, 5.41) is 14.1. The molecule has 0 amide bonds. The van der Waals surface area contributed by atoms with E-state index in [4.69, 9.17) is 9.40 Å². The molecule has 0 fully saturated rings. The molecule has 2 aromatic carbocycles. The van der Waals surface area contributed by atoms with Crippen LogP contribution in [0.5, 0.6) is 5.75 Å². The van der Waals surface area contributed by atoms with Crippen LogP contribution in [0.1, 0.15) is 36.1 Å². The predicted octanol–water partition coefficient (Wildman–Crippen LogP) is 4.75. The monoisotopic (exact) mass is 397 g/mol. The predicted molar refractivity (Wildman–Crippen MR) is 112 cm³/mol. The Labute approximate surface area is 172 Å². The van der Waals surface area contributed by atoms with Crippen molar-refractivity contribution < 1.29 is 14.3 Å². The normalized spacial score (nSPS) is 20.7. The Morgan fingerprint density at radius 2 is 1.87 bits per heavy atom. The van der Waals surface area contributed by atoms with Crippen molar-refractivity contribution in [3.05, 3.63) is 89.5 Å². The minimum Gasteiger partial charge on any atom is -0.508 e. The lowest BCUT2D eigenvalue weighted by Gasteiger charge is -2.36. The van der Waals surface area contributed by atoms with Crippen molar-refractivity contribution in [3.8, 4) is 5.75 Å². The smallest absolute Gasteiger partial charge is 0.209 e. The molecule has 4 aromatic rings. The van der Waals surface area contributed by atoms with Gasteiger partial charge in [-0.2, -0.15) is 0 Å². The second-order valence-electron chi connectivity index (χ2n) is 7.82. The van der Waals surface area contributed by atoms with Crippen molar-refractivity contribution in [1.82, 2.24) is 9.55 Å². The zero-order chi connectivity index (χ0) is 20.2. The highest BCUT2D eigenvalue weighted by Gasteiger charge is 2.40. The topological polar surface area (TPSA) is 80.3 Å². The van der Waals surface area contributed by atoms with Gasteiger partial charge in [-0.05, 0) is 36.8 Å². The van der Waals surface area contributed by atoms with Gasteiger partial charge in [-0.1, -0.05) is 30.3 Å². The molecule has 1 aliphatic carbocycles. The van der Waals surface area contributed by atoms with Gasteiger partial charge in [-0.3, -0.25) is 9.36 Å². The van der Waals surface area contributed by atoms with Crippen molar-refractivity contribution >= 4 is 22.8 Å². The van der Waals surface area contributed by atoms with Gasteiger partial charge < -0.3 is 14.8 Å². The Balaban J connectivity index is 1.58. The van der Waals surface area contributed by atoms with Crippen LogP contribution in [-0.4, -0.2) is 20.4 Å². The Morgan fingerprint density at radius 1 is 1.03 bits per heavy atom. The van der Waals surface area contributed by atoms with Crippen LogP contribution in [0.2, 0.25) is 0 Å². The van der Waals surface area contributed by atoms with Gasteiger partial charge in [0.15, 0.2) is 5.78 Å². The fourth-order valence-electron chi connectivity index (χ4n) is 4.76. The van der Waals surface area contributed by atoms with Crippen LogP contribution in [0, 0.1) is 0 Å². The van der Waals surface area contributed by atoms with Crippen molar-refractivity contribution in [2.75, 3.05) is 5.32 Å². The summed E-state index contributed by atoms with van der Waals surface area (Å²) in [7, 11) is 0. The maximum absolute atomic E-state index is 13.4. The number of hydrogen-bond donors (Lipinski definition) is 2. The molecule has 2 atom stereocenters. The van der Waals surface area contributed by atoms with Gasteiger partial charge in [-0.25, -0.2) is 4.98 Å². The van der Waals surface area contributed by atoms with E-state index in [1.165, 1.54) is 0 Å². The number of phenolic OH excluding ortho intramolecular Hbond substituents is 1. The number of ketones is 1. The minimum atomic E-state index is -0.435. The first kappa shape index (κ1) is 17.1. The number of benzene rings is 2. The van der Waals surface area contributed by atoms with Gasteiger partial charge in [0.05, 0.1) is 23.3 Å². The second kappa shape index (κ2) is 6.35. The van der Waals surface area contributed by atoms with Crippen molar-refractivity contribution in [2.45, 2.75) is 24.8 Å². The number of imidazole rings is 1. The number of anilines is 1. The summed E-state index contributed by atoms with van der Waals surface area (Å²) in [6, 6.07) is 18.4. The first-order chi connectivity index (χ1) is 14.7. The van der Waals surface area contributed by atoms with Crippen LogP contribution in [0.3, 0.4) is 0 Å². The summed E-state index contributed by atoms with van der Waals surface area (Å²) in [4.78, 5) is 18.2. The molecule has 0 saturated heterocycles. The molecule has 1 aliphatic heterocycles. The van der Waals surface area contributed by atoms with E-state index in [2.05, 4.69) is 5.32 Å². The largest absolute Gasteiger partial charge is 0.508 e. The number of rotatable bonds is 2. The van der Waals surface area contributed by atoms with E-state index in [0.29, 0.717) is 29.9 Å². The standard InChI is InChI=1S/C24H19N3O3/c28-19-9-4-1-6-15(19)23-22-17(12-14(13-20(22)29)21-10-5-11-30-21)26-24-25-16-7-2-3-8-18(16)27(23)24/h1-11,14,23,28H,12-13H2,(H,25,26)/t14-,23+/m0/s1. The van der Waals surface area contributed by atoms with Gasteiger partial charge in [0.25, 0.3) is 0 Å². The average molecular weight is 397 g/mol. The molecule has 3 heterocycles. The van der Waals surface area contributed by atoms with Crippen LogP contribution < -0.4 is 5.32 Å². The van der Waals surface area contributed by atoms with Gasteiger partial charge in [0.1, 0.15) is 11.5 Å². The number of carbonyl (C=O) groups is 1. The van der Waals surface area contributed by atoms with Crippen LogP contribution in [0.15, 0.2) is 82.6 Å². The van der Waals surface area contributed by atoms with E-state index in [9.17, 15) is 9.90 Å². The van der Waals surface area contributed by atoms with E-state index >= 15 is 0 Å². The number of aromatic nitrogens is 2. The van der Waals surface area contributed by atoms with Gasteiger partial charge in [0.2, 0.25) is 5.95 Å². The number of fused-ring (bicyclic) bond motifs is 3. The van der Waals surface area contributed by atoms with E-state index in [1.807, 2.05) is 53.1 Å². The lowest BCUT2D eigenvalue weighted by Crippen LogP contribution is -2.33. The Bertz CT molecular complexity index is 1320. The quantitative estimate of drug-likeness (QED) is 0.510. The first-order valence-electron chi connectivity index (χ1n) is 10.0. The van der Waals surface area contributed by atoms with E-state index in [0.717, 1.165) is 22.5 Å². The molecule has 30 heavy (non-hydrogen) atoms. The summed E-state index contributed by atoms with van der Waals surface area (Å²) in [6.07, 6.45) is 2.67. The van der Waals surface area contributed by atoms with Crippen molar-refractivity contribution in [3.63, 3.8) is 0 Å². The number of furan rings is 1. The third-order valence-electron chi connectivity index (χ3n) is 6.07. The molecular weight excluding hydrogens is 378 g/mol. The maximum Gasteiger partial charge on any atom is 0.209 e. The molecule has 2 aromatic heterocycles. The van der Waals surface area contributed by atoms with Crippen molar-refractivity contribution in [2.24, 2.45) is 0 Å².